The standard InChI is InChI=1S/C11H8F4N2O2/c1-19-10(18)7(11(13,14)15)6-16-17-9-5-3-2-4-8(9)12/h2-5,17H,1H3. The van der Waals surface area contributed by atoms with Gasteiger partial charge >= 0.3 is 12.1 Å². The second-order valence-corrected chi connectivity index (χ2v) is 3.18. The third-order valence-electron chi connectivity index (χ3n) is 1.89. The highest BCUT2D eigenvalue weighted by molar-refractivity contribution is 5.99. The van der Waals surface area contributed by atoms with Crippen LogP contribution in [0.15, 0.2) is 34.9 Å². The summed E-state index contributed by atoms with van der Waals surface area (Å²) in [6, 6.07) is 5.20. The zero-order valence-corrected chi connectivity index (χ0v) is 9.58. The van der Waals surface area contributed by atoms with Gasteiger partial charge in [0.15, 0.2) is 0 Å². The van der Waals surface area contributed by atoms with Crippen LogP contribution >= 0.6 is 0 Å². The number of para-hydroxylation sites is 1. The molecule has 0 amide bonds. The molecule has 0 aliphatic rings. The zero-order chi connectivity index (χ0) is 14.5. The molecule has 1 aromatic rings. The van der Waals surface area contributed by atoms with Gasteiger partial charge in [-0.15, -0.1) is 5.10 Å². The molecule has 1 rings (SSSR count). The highest BCUT2D eigenvalue weighted by Crippen LogP contribution is 2.24. The summed E-state index contributed by atoms with van der Waals surface area (Å²) in [5.41, 5.74) is 0.130. The van der Waals surface area contributed by atoms with E-state index in [1.807, 2.05) is 5.43 Å². The minimum absolute atomic E-state index is 0.151. The molecule has 8 heteroatoms. The summed E-state index contributed by atoms with van der Waals surface area (Å²) in [5.74, 6) is -0.891. The summed E-state index contributed by atoms with van der Waals surface area (Å²) < 4.78 is 54.2. The number of nitrogens with zero attached hydrogens (tertiary/aromatic N) is 1. The molecule has 1 N–H and O–H groups in total. The summed E-state index contributed by atoms with van der Waals surface area (Å²) in [5, 5.41) is 3.04. The summed E-state index contributed by atoms with van der Waals surface area (Å²) >= 11 is 0. The van der Waals surface area contributed by atoms with Crippen LogP contribution in [0.1, 0.15) is 0 Å². The van der Waals surface area contributed by atoms with Crippen LogP contribution in [0.25, 0.3) is 0 Å². The van der Waals surface area contributed by atoms with E-state index in [1.54, 1.807) is 0 Å². The van der Waals surface area contributed by atoms with Gasteiger partial charge in [-0.1, -0.05) is 12.1 Å². The number of alkyl halides is 3. The Balaban J connectivity index is 3.00. The molecule has 0 saturated heterocycles. The number of hydrogen-bond donors (Lipinski definition) is 1. The molecule has 0 heterocycles. The maximum atomic E-state index is 13.1. The molecule has 102 valence electrons. The van der Waals surface area contributed by atoms with Gasteiger partial charge in [0.25, 0.3) is 0 Å². The number of halogens is 4. The molecule has 0 saturated carbocycles. The summed E-state index contributed by atoms with van der Waals surface area (Å²) in [6.07, 6.45) is -4.96. The van der Waals surface area contributed by atoms with Crippen molar-refractivity contribution in [1.82, 2.24) is 0 Å². The molecule has 0 atom stereocenters. The third-order valence-corrected chi connectivity index (χ3v) is 1.89. The van der Waals surface area contributed by atoms with Gasteiger partial charge in [0.2, 0.25) is 5.57 Å². The molecule has 0 fully saturated rings. The number of methoxy groups -OCH3 is 1. The van der Waals surface area contributed by atoms with E-state index < -0.39 is 23.5 Å². The Morgan fingerprint density at radius 1 is 1.37 bits per heavy atom. The number of nitrogens with one attached hydrogen (secondary N) is 1. The van der Waals surface area contributed by atoms with Crippen molar-refractivity contribution < 1.29 is 27.1 Å². The maximum absolute atomic E-state index is 13.1. The van der Waals surface area contributed by atoms with Crippen LogP contribution in [0.5, 0.6) is 0 Å². The summed E-state index contributed by atoms with van der Waals surface area (Å²) in [6.45, 7) is 0. The van der Waals surface area contributed by atoms with Crippen molar-refractivity contribution in [3.05, 3.63) is 35.7 Å². The number of benzene rings is 1. The normalized spacial score (nSPS) is 10.4. The predicted molar refractivity (Wildman–Crippen MR) is 59.0 cm³/mol. The molecule has 0 aliphatic carbocycles. The Hall–Kier alpha value is -2.34. The first kappa shape index (κ1) is 14.7. The molecule has 0 aliphatic heterocycles. The number of carbonyl (C=O) groups is 1. The largest absolute Gasteiger partial charge is 0.465 e. The summed E-state index contributed by atoms with van der Waals surface area (Å²) in [7, 11) is 0.792. The predicted octanol–water partition coefficient (Wildman–Crippen LogP) is 2.48. The van der Waals surface area contributed by atoms with Gasteiger partial charge in [-0.05, 0) is 12.1 Å². The first-order chi connectivity index (χ1) is 8.86. The van der Waals surface area contributed by atoms with Crippen LogP contribution in [0.4, 0.5) is 23.2 Å². The second kappa shape index (κ2) is 6.01. The fourth-order valence-corrected chi connectivity index (χ4v) is 1.02. The van der Waals surface area contributed by atoms with Crippen molar-refractivity contribution in [2.75, 3.05) is 12.5 Å². The monoisotopic (exact) mass is 276 g/mol. The maximum Gasteiger partial charge on any atom is 0.432 e. The highest BCUT2D eigenvalue weighted by atomic mass is 19.4. The third kappa shape index (κ3) is 4.11. The van der Waals surface area contributed by atoms with E-state index in [9.17, 15) is 22.4 Å². The van der Waals surface area contributed by atoms with Gasteiger partial charge in [-0.3, -0.25) is 5.43 Å². The van der Waals surface area contributed by atoms with Gasteiger partial charge < -0.3 is 4.74 Å². The minimum Gasteiger partial charge on any atom is -0.465 e. The Morgan fingerprint density at radius 2 is 2.00 bits per heavy atom. The number of hydrogen-bond acceptors (Lipinski definition) is 4. The van der Waals surface area contributed by atoms with E-state index >= 15 is 0 Å². The average Bonchev–Trinajstić information content (AvgIpc) is 2.34. The molecule has 0 unspecified atom stereocenters. The van der Waals surface area contributed by atoms with Gasteiger partial charge in [0.1, 0.15) is 5.82 Å². The lowest BCUT2D eigenvalue weighted by Crippen LogP contribution is -2.22. The molecule has 19 heavy (non-hydrogen) atoms. The van der Waals surface area contributed by atoms with Crippen LogP contribution in [0, 0.1) is 5.82 Å². The lowest BCUT2D eigenvalue weighted by molar-refractivity contribution is -0.147. The van der Waals surface area contributed by atoms with E-state index in [2.05, 4.69) is 9.84 Å². The van der Waals surface area contributed by atoms with E-state index in [0.717, 1.165) is 13.2 Å². The first-order valence-corrected chi connectivity index (χ1v) is 4.85. The summed E-state index contributed by atoms with van der Waals surface area (Å²) in [4.78, 5) is 10.9. The van der Waals surface area contributed by atoms with Crippen LogP contribution in [-0.4, -0.2) is 25.1 Å². The quantitative estimate of drug-likeness (QED) is 0.303. The Labute approximate surface area is 105 Å². The molecule has 1 aromatic carbocycles. The topological polar surface area (TPSA) is 50.7 Å². The fraction of sp³-hybridized carbons (Fsp3) is 0.182. The lowest BCUT2D eigenvalue weighted by Gasteiger charge is -2.05. The first-order valence-electron chi connectivity index (χ1n) is 4.85. The SMILES string of the molecule is COC(=O)C(=C=NNc1ccccc1F)C(F)(F)F. The smallest absolute Gasteiger partial charge is 0.432 e. The minimum atomic E-state index is -4.96. The average molecular weight is 276 g/mol. The van der Waals surface area contributed by atoms with E-state index in [4.69, 9.17) is 0 Å². The number of ether oxygens (including phenoxy) is 1. The van der Waals surface area contributed by atoms with Crippen molar-refractivity contribution in [3.63, 3.8) is 0 Å². The Kier molecular flexibility index (Phi) is 4.66. The molecule has 0 aromatic heterocycles. The molecule has 4 nitrogen and oxygen atoms in total. The number of carbonyl (C=O) groups excluding carboxylic acids is 1. The van der Waals surface area contributed by atoms with E-state index in [-0.39, 0.29) is 5.69 Å². The van der Waals surface area contributed by atoms with Crippen LogP contribution in [0.3, 0.4) is 0 Å². The van der Waals surface area contributed by atoms with E-state index in [0.29, 0.717) is 0 Å². The van der Waals surface area contributed by atoms with Crippen molar-refractivity contribution in [3.8, 4) is 0 Å². The molecular weight excluding hydrogens is 268 g/mol. The van der Waals surface area contributed by atoms with Gasteiger partial charge in [0.05, 0.1) is 12.8 Å². The lowest BCUT2D eigenvalue weighted by atomic mass is 10.3. The Bertz CT molecular complexity index is 534. The van der Waals surface area contributed by atoms with Crippen molar-refractivity contribution >= 4 is 17.5 Å². The molecule has 0 radical (unpaired) electrons. The zero-order valence-electron chi connectivity index (χ0n) is 9.58. The number of rotatable bonds is 3. The van der Waals surface area contributed by atoms with Gasteiger partial charge in [0, 0.05) is 5.87 Å². The van der Waals surface area contributed by atoms with E-state index in [1.165, 1.54) is 24.1 Å². The molecule has 0 spiro atoms. The van der Waals surface area contributed by atoms with Gasteiger partial charge in [-0.25, -0.2) is 9.18 Å². The van der Waals surface area contributed by atoms with Crippen LogP contribution < -0.4 is 5.43 Å². The van der Waals surface area contributed by atoms with Crippen molar-refractivity contribution in [2.24, 2.45) is 5.10 Å². The number of esters is 1. The van der Waals surface area contributed by atoms with Crippen LogP contribution in [0.2, 0.25) is 0 Å². The van der Waals surface area contributed by atoms with Crippen molar-refractivity contribution in [1.29, 1.82) is 0 Å². The van der Waals surface area contributed by atoms with Gasteiger partial charge in [-0.2, -0.15) is 13.2 Å². The fourth-order valence-electron chi connectivity index (χ4n) is 1.02. The second-order valence-electron chi connectivity index (χ2n) is 3.18. The number of anilines is 1. The van der Waals surface area contributed by atoms with Crippen molar-refractivity contribution in [2.45, 2.75) is 6.18 Å². The highest BCUT2D eigenvalue weighted by Gasteiger charge is 2.40. The Morgan fingerprint density at radius 3 is 2.53 bits per heavy atom. The molecule has 0 bridgehead atoms. The molecular formula is C11H8F4N2O2. The number of hydrazone groups is 1. The van der Waals surface area contributed by atoms with Crippen LogP contribution in [-0.2, 0) is 9.53 Å².